The Morgan fingerprint density at radius 1 is 0.273 bits per heavy atom. The lowest BCUT2D eigenvalue weighted by molar-refractivity contribution is 1.13. The smallest absolute Gasteiger partial charge is 0.0541 e. The van der Waals surface area contributed by atoms with Crippen LogP contribution in [0.15, 0.2) is 188 Å². The largest absolute Gasteiger partial charge is 0.309 e. The van der Waals surface area contributed by atoms with Crippen LogP contribution in [0.4, 0.5) is 0 Å². The first-order chi connectivity index (χ1) is 27.3. The van der Waals surface area contributed by atoms with Gasteiger partial charge in [-0.2, -0.15) is 12.6 Å². The minimum absolute atomic E-state index is 1.13. The summed E-state index contributed by atoms with van der Waals surface area (Å²) >= 11 is 3.53. The van der Waals surface area contributed by atoms with Crippen LogP contribution in [0.5, 0.6) is 0 Å². The zero-order chi connectivity index (χ0) is 37.5. The highest BCUT2D eigenvalue weighted by atomic mass is 32.1. The molecule has 0 N–H and O–H groups in total. The molecule has 0 amide bonds. The van der Waals surface area contributed by atoms with Gasteiger partial charge in [0.05, 0.1) is 33.1 Å². The van der Waals surface area contributed by atoms with Crippen LogP contribution in [0.25, 0.3) is 93.6 Å². The highest BCUT2D eigenvalue weighted by molar-refractivity contribution is 7.79. The second-order valence-corrected chi connectivity index (χ2v) is 13.4. The fourth-order valence-corrected chi connectivity index (χ4v) is 8.43. The van der Waals surface area contributed by atoms with E-state index in [1.54, 1.807) is 6.26 Å². The molecule has 0 aliphatic heterocycles. The molecule has 0 aliphatic carbocycles. The average Bonchev–Trinajstić information content (AvgIpc) is 3.91. The minimum Gasteiger partial charge on any atom is -0.309 e. The van der Waals surface area contributed by atoms with Gasteiger partial charge in [0.25, 0.3) is 0 Å². The first-order valence-corrected chi connectivity index (χ1v) is 19.9. The van der Waals surface area contributed by atoms with Crippen LogP contribution in [0.1, 0.15) is 13.8 Å². The maximum atomic E-state index is 3.53. The van der Waals surface area contributed by atoms with Gasteiger partial charge in [-0.1, -0.05) is 135 Å². The Hall–Kier alpha value is -6.49. The maximum Gasteiger partial charge on any atom is 0.0541 e. The van der Waals surface area contributed by atoms with Gasteiger partial charge in [-0.25, -0.2) is 0 Å². The summed E-state index contributed by atoms with van der Waals surface area (Å²) in [6.45, 7) is 4.00. The molecule has 4 heteroatoms. The summed E-state index contributed by atoms with van der Waals surface area (Å²) in [6.07, 6.45) is 1.69. The predicted molar refractivity (Wildman–Crippen MR) is 241 cm³/mol. The van der Waals surface area contributed by atoms with E-state index in [1.165, 1.54) is 76.5 Å². The van der Waals surface area contributed by atoms with E-state index in [9.17, 15) is 0 Å². The molecule has 0 saturated carbocycles. The average molecular weight is 728 g/mol. The number of hydrogen-bond donors (Lipinski definition) is 1. The Morgan fingerprint density at radius 2 is 0.527 bits per heavy atom. The number of aromatic nitrogens is 3. The molecule has 0 radical (unpaired) electrons. The molecule has 0 atom stereocenters. The van der Waals surface area contributed by atoms with Crippen LogP contribution in [0, 0.1) is 0 Å². The molecule has 0 aliphatic rings. The first kappa shape index (κ1) is 34.3. The number of para-hydroxylation sites is 6. The molecule has 11 rings (SSSR count). The Morgan fingerprint density at radius 3 is 0.818 bits per heavy atom. The molecule has 3 aromatic heterocycles. The number of fused-ring (bicyclic) bond motifs is 9. The minimum atomic E-state index is 1.13. The first-order valence-electron chi connectivity index (χ1n) is 19.0. The van der Waals surface area contributed by atoms with Gasteiger partial charge in [0.2, 0.25) is 0 Å². The van der Waals surface area contributed by atoms with Crippen molar-refractivity contribution >= 4 is 78.0 Å². The standard InChI is InChI=1S/C48H31N3.C2H6.CH4S/c1-7-19-43-37(13-1)38-14-2-8-20-44(38)49(43)34-27-25-32(26-28-34)33-29-35(50-45-21-9-3-15-39(45)40-16-4-10-22-46(40)50)31-36(30-33)51-47-23-11-5-17-41(47)42-18-6-12-24-48(42)51;2*1-2/h1-31H;1-2H3;2H,1H3. The van der Waals surface area contributed by atoms with Gasteiger partial charge in [0, 0.05) is 49.4 Å². The Labute approximate surface area is 326 Å². The van der Waals surface area contributed by atoms with Crippen molar-refractivity contribution in [1.82, 2.24) is 13.7 Å². The molecule has 0 unspecified atom stereocenters. The monoisotopic (exact) mass is 727 g/mol. The summed E-state index contributed by atoms with van der Waals surface area (Å²) in [7, 11) is 0. The van der Waals surface area contributed by atoms with Gasteiger partial charge in [-0.05, 0) is 84.1 Å². The van der Waals surface area contributed by atoms with E-state index < -0.39 is 0 Å². The molecular formula is C51H41N3S. The third-order valence-corrected chi connectivity index (χ3v) is 10.6. The van der Waals surface area contributed by atoms with E-state index in [2.05, 4.69) is 214 Å². The van der Waals surface area contributed by atoms with E-state index in [0.29, 0.717) is 0 Å². The van der Waals surface area contributed by atoms with Crippen LogP contribution < -0.4 is 0 Å². The number of thiol groups is 1. The van der Waals surface area contributed by atoms with Crippen LogP contribution in [-0.2, 0) is 0 Å². The lowest BCUT2D eigenvalue weighted by Gasteiger charge is -2.16. The molecule has 3 heterocycles. The molecule has 0 spiro atoms. The van der Waals surface area contributed by atoms with Crippen molar-refractivity contribution in [3.05, 3.63) is 188 Å². The molecule has 266 valence electrons. The quantitative estimate of drug-likeness (QED) is 0.174. The predicted octanol–water partition coefficient (Wildman–Crippen LogP) is 14.2. The summed E-state index contributed by atoms with van der Waals surface area (Å²) in [4.78, 5) is 0. The maximum absolute atomic E-state index is 3.53. The molecule has 0 fully saturated rings. The lowest BCUT2D eigenvalue weighted by atomic mass is 10.0. The molecule has 0 saturated heterocycles. The number of benzene rings is 8. The summed E-state index contributed by atoms with van der Waals surface area (Å²) < 4.78 is 7.24. The van der Waals surface area contributed by atoms with Crippen molar-refractivity contribution < 1.29 is 0 Å². The van der Waals surface area contributed by atoms with Crippen molar-refractivity contribution in [3.63, 3.8) is 0 Å². The molecule has 3 nitrogen and oxygen atoms in total. The van der Waals surface area contributed by atoms with E-state index in [1.807, 2.05) is 13.8 Å². The van der Waals surface area contributed by atoms with Crippen molar-refractivity contribution in [1.29, 1.82) is 0 Å². The Balaban J connectivity index is 0.000000963. The number of nitrogens with zero attached hydrogens (tertiary/aromatic N) is 3. The van der Waals surface area contributed by atoms with E-state index in [0.717, 1.165) is 17.1 Å². The highest BCUT2D eigenvalue weighted by Gasteiger charge is 2.18. The van der Waals surface area contributed by atoms with Crippen molar-refractivity contribution in [3.8, 4) is 28.2 Å². The molecule has 8 aromatic carbocycles. The van der Waals surface area contributed by atoms with Gasteiger partial charge in [-0.3, -0.25) is 0 Å². The zero-order valence-corrected chi connectivity index (χ0v) is 32.1. The number of hydrogen-bond acceptors (Lipinski definition) is 1. The summed E-state index contributed by atoms with van der Waals surface area (Å²) in [6, 6.07) is 68.5. The van der Waals surface area contributed by atoms with Crippen molar-refractivity contribution in [2.75, 3.05) is 6.26 Å². The third-order valence-electron chi connectivity index (χ3n) is 10.6. The van der Waals surface area contributed by atoms with E-state index >= 15 is 0 Å². The van der Waals surface area contributed by atoms with E-state index in [4.69, 9.17) is 0 Å². The topological polar surface area (TPSA) is 14.8 Å². The molecular weight excluding hydrogens is 687 g/mol. The molecule has 0 bridgehead atoms. The fraction of sp³-hybridized carbons (Fsp3) is 0.0588. The Kier molecular flexibility index (Phi) is 8.97. The summed E-state index contributed by atoms with van der Waals surface area (Å²) in [5.41, 5.74) is 13.0. The van der Waals surface area contributed by atoms with Gasteiger partial charge in [0.15, 0.2) is 0 Å². The number of rotatable bonds is 4. The summed E-state index contributed by atoms with van der Waals surface area (Å²) in [5, 5.41) is 7.57. The highest BCUT2D eigenvalue weighted by Crippen LogP contribution is 2.38. The van der Waals surface area contributed by atoms with E-state index in [-0.39, 0.29) is 0 Å². The second-order valence-electron chi connectivity index (χ2n) is 13.4. The van der Waals surface area contributed by atoms with Crippen LogP contribution >= 0.6 is 12.6 Å². The normalized spacial score (nSPS) is 11.3. The van der Waals surface area contributed by atoms with Crippen molar-refractivity contribution in [2.24, 2.45) is 0 Å². The van der Waals surface area contributed by atoms with Gasteiger partial charge in [0.1, 0.15) is 0 Å². The Bertz CT molecular complexity index is 2850. The van der Waals surface area contributed by atoms with Gasteiger partial charge >= 0.3 is 0 Å². The lowest BCUT2D eigenvalue weighted by Crippen LogP contribution is -2.00. The SMILES string of the molecule is CC.CS.c1ccc2c(c1)c1ccccc1n2-c1ccc(-c2cc(-n3c4ccccc4c4ccccc43)cc(-n3c4ccccc4c4ccccc43)c2)cc1. The van der Waals surface area contributed by atoms with Crippen molar-refractivity contribution in [2.45, 2.75) is 13.8 Å². The summed E-state index contributed by atoms with van der Waals surface area (Å²) in [5.74, 6) is 0. The van der Waals surface area contributed by atoms with Gasteiger partial charge < -0.3 is 13.7 Å². The van der Waals surface area contributed by atoms with Crippen LogP contribution in [-0.4, -0.2) is 20.0 Å². The third kappa shape index (κ3) is 5.52. The molecule has 11 aromatic rings. The molecule has 55 heavy (non-hydrogen) atoms. The van der Waals surface area contributed by atoms with Gasteiger partial charge in [-0.15, -0.1) is 0 Å². The second kappa shape index (κ2) is 14.4. The fourth-order valence-electron chi connectivity index (χ4n) is 8.43. The van der Waals surface area contributed by atoms with Crippen LogP contribution in [0.2, 0.25) is 0 Å². The zero-order valence-electron chi connectivity index (χ0n) is 31.2. The van der Waals surface area contributed by atoms with Crippen LogP contribution in [0.3, 0.4) is 0 Å².